The Kier molecular flexibility index (Phi) is 3.39. The van der Waals surface area contributed by atoms with Gasteiger partial charge in [0.15, 0.2) is 5.78 Å². The second-order valence-corrected chi connectivity index (χ2v) is 3.83. The molecule has 2 N–H and O–H groups in total. The van der Waals surface area contributed by atoms with Gasteiger partial charge < -0.3 is 5.73 Å². The zero-order chi connectivity index (χ0) is 13.8. The van der Waals surface area contributed by atoms with E-state index in [0.717, 1.165) is 4.68 Å². The van der Waals surface area contributed by atoms with Crippen molar-refractivity contribution in [3.8, 4) is 6.07 Å². The average molecular weight is 254 g/mol. The number of carbonyl (C=O) groups excluding carboxylic acids is 2. The fraction of sp³-hybridized carbons (Fsp3) is 0.0769. The van der Waals surface area contributed by atoms with Gasteiger partial charge in [0.05, 0.1) is 12.6 Å². The van der Waals surface area contributed by atoms with Crippen molar-refractivity contribution in [2.75, 3.05) is 5.73 Å². The summed E-state index contributed by atoms with van der Waals surface area (Å²) in [5, 5.41) is 12.4. The molecule has 0 saturated heterocycles. The van der Waals surface area contributed by atoms with E-state index in [0.29, 0.717) is 5.56 Å². The molecule has 0 aliphatic rings. The highest BCUT2D eigenvalue weighted by Crippen LogP contribution is 2.11. The van der Waals surface area contributed by atoms with Crippen molar-refractivity contribution in [2.45, 2.75) is 6.42 Å². The molecule has 1 aromatic heterocycles. The number of nitrogens with zero attached hydrogens (tertiary/aromatic N) is 3. The lowest BCUT2D eigenvalue weighted by molar-refractivity contribution is 0.0833. The van der Waals surface area contributed by atoms with Crippen LogP contribution in [0.1, 0.15) is 27.1 Å². The molecule has 0 amide bonds. The molecule has 0 unspecified atom stereocenters. The third kappa shape index (κ3) is 2.50. The van der Waals surface area contributed by atoms with E-state index in [-0.39, 0.29) is 23.6 Å². The fourth-order valence-electron chi connectivity index (χ4n) is 1.58. The first-order chi connectivity index (χ1) is 9.13. The maximum atomic E-state index is 11.9. The molecule has 19 heavy (non-hydrogen) atoms. The van der Waals surface area contributed by atoms with Crippen LogP contribution in [0.3, 0.4) is 0 Å². The first kappa shape index (κ1) is 12.5. The minimum Gasteiger partial charge on any atom is -0.382 e. The number of rotatable bonds is 3. The number of anilines is 1. The molecule has 0 aliphatic carbocycles. The Morgan fingerprint density at radius 2 is 2.00 bits per heavy atom. The van der Waals surface area contributed by atoms with Crippen LogP contribution in [-0.2, 0) is 0 Å². The largest absolute Gasteiger partial charge is 0.382 e. The number of nitrogens with two attached hydrogens (primary N) is 1. The third-order valence-electron chi connectivity index (χ3n) is 2.57. The normalized spacial score (nSPS) is 9.84. The van der Waals surface area contributed by atoms with Crippen LogP contribution in [0.2, 0.25) is 0 Å². The molecular weight excluding hydrogens is 244 g/mol. The first-order valence-corrected chi connectivity index (χ1v) is 5.48. The molecule has 1 aromatic carbocycles. The highest BCUT2D eigenvalue weighted by atomic mass is 16.2. The van der Waals surface area contributed by atoms with E-state index in [9.17, 15) is 9.59 Å². The van der Waals surface area contributed by atoms with Gasteiger partial charge in [0.25, 0.3) is 5.91 Å². The van der Waals surface area contributed by atoms with Crippen molar-refractivity contribution in [1.29, 1.82) is 5.26 Å². The molecule has 2 aromatic rings. The van der Waals surface area contributed by atoms with Crippen molar-refractivity contribution in [2.24, 2.45) is 0 Å². The number of ketones is 1. The van der Waals surface area contributed by atoms with Gasteiger partial charge in [-0.2, -0.15) is 15.0 Å². The number of Topliss-reactive ketones (excluding diaryl/α,β-unsaturated/α-hetero) is 1. The van der Waals surface area contributed by atoms with Gasteiger partial charge in [0.1, 0.15) is 17.5 Å². The minimum absolute atomic E-state index is 0.0478. The average Bonchev–Trinajstić information content (AvgIpc) is 2.80. The van der Waals surface area contributed by atoms with Crippen LogP contribution < -0.4 is 5.73 Å². The molecule has 0 spiro atoms. The maximum absolute atomic E-state index is 11.9. The molecule has 94 valence electrons. The van der Waals surface area contributed by atoms with Gasteiger partial charge in [-0.15, -0.1) is 0 Å². The van der Waals surface area contributed by atoms with Crippen LogP contribution >= 0.6 is 0 Å². The number of benzene rings is 1. The Morgan fingerprint density at radius 3 is 2.58 bits per heavy atom. The zero-order valence-electron chi connectivity index (χ0n) is 9.91. The number of nitrogen functional groups attached to an aromatic ring is 1. The Labute approximate surface area is 109 Å². The first-order valence-electron chi connectivity index (χ1n) is 5.48. The molecule has 0 atom stereocenters. The lowest BCUT2D eigenvalue weighted by atomic mass is 10.1. The number of aromatic nitrogens is 2. The molecule has 0 saturated carbocycles. The summed E-state index contributed by atoms with van der Waals surface area (Å²) in [6, 6.07) is 10.3. The molecular formula is C13H10N4O2. The molecule has 0 bridgehead atoms. The highest BCUT2D eigenvalue weighted by Gasteiger charge is 2.17. The standard InChI is InChI=1S/C13H10N4O2/c14-7-10-8-16-17(13(10)15)12(19)6-11(18)9-4-2-1-3-5-9/h1-5,8H,6,15H2. The smallest absolute Gasteiger partial charge is 0.256 e. The zero-order valence-corrected chi connectivity index (χ0v) is 9.91. The maximum Gasteiger partial charge on any atom is 0.256 e. The van der Waals surface area contributed by atoms with E-state index in [2.05, 4.69) is 5.10 Å². The molecule has 2 rings (SSSR count). The lowest BCUT2D eigenvalue weighted by Gasteiger charge is -2.02. The molecule has 6 nitrogen and oxygen atoms in total. The molecule has 6 heteroatoms. The number of nitriles is 1. The predicted molar refractivity (Wildman–Crippen MR) is 67.4 cm³/mol. The van der Waals surface area contributed by atoms with E-state index in [4.69, 9.17) is 11.0 Å². The summed E-state index contributed by atoms with van der Waals surface area (Å²) in [6.45, 7) is 0. The minimum atomic E-state index is -0.562. The van der Waals surface area contributed by atoms with E-state index in [1.54, 1.807) is 30.3 Å². The van der Waals surface area contributed by atoms with Gasteiger partial charge in [-0.3, -0.25) is 9.59 Å². The fourth-order valence-corrected chi connectivity index (χ4v) is 1.58. The molecule has 0 fully saturated rings. The van der Waals surface area contributed by atoms with E-state index >= 15 is 0 Å². The summed E-state index contributed by atoms with van der Waals surface area (Å²) < 4.78 is 0.874. The highest BCUT2D eigenvalue weighted by molar-refractivity contribution is 6.08. The van der Waals surface area contributed by atoms with Crippen LogP contribution in [0.25, 0.3) is 0 Å². The quantitative estimate of drug-likeness (QED) is 0.656. The second kappa shape index (κ2) is 5.14. The summed E-state index contributed by atoms with van der Waals surface area (Å²) >= 11 is 0. The number of hydrogen-bond acceptors (Lipinski definition) is 5. The van der Waals surface area contributed by atoms with Crippen LogP contribution in [0.4, 0.5) is 5.82 Å². The summed E-state index contributed by atoms with van der Waals surface area (Å²) in [6.07, 6.45) is 0.848. The van der Waals surface area contributed by atoms with E-state index < -0.39 is 5.91 Å². The van der Waals surface area contributed by atoms with Gasteiger partial charge in [0, 0.05) is 5.56 Å². The van der Waals surface area contributed by atoms with Crippen molar-refractivity contribution in [3.05, 3.63) is 47.7 Å². The second-order valence-electron chi connectivity index (χ2n) is 3.83. The summed E-state index contributed by atoms with van der Waals surface area (Å²) in [7, 11) is 0. The van der Waals surface area contributed by atoms with Gasteiger partial charge in [0.2, 0.25) is 0 Å². The van der Waals surface area contributed by atoms with Crippen molar-refractivity contribution < 1.29 is 9.59 Å². The van der Waals surface area contributed by atoms with Crippen LogP contribution in [0.5, 0.6) is 0 Å². The summed E-state index contributed by atoms with van der Waals surface area (Å²) in [5.74, 6) is -0.930. The van der Waals surface area contributed by atoms with Crippen LogP contribution in [0.15, 0.2) is 36.5 Å². The molecule has 1 heterocycles. The predicted octanol–water partition coefficient (Wildman–Crippen LogP) is 1.25. The monoisotopic (exact) mass is 254 g/mol. The van der Waals surface area contributed by atoms with E-state index in [1.165, 1.54) is 6.20 Å². The molecule has 0 radical (unpaired) electrons. The van der Waals surface area contributed by atoms with Gasteiger partial charge >= 0.3 is 0 Å². The molecule has 0 aliphatic heterocycles. The van der Waals surface area contributed by atoms with Crippen LogP contribution in [-0.4, -0.2) is 21.5 Å². The lowest BCUT2D eigenvalue weighted by Crippen LogP contribution is -2.19. The summed E-state index contributed by atoms with van der Waals surface area (Å²) in [4.78, 5) is 23.7. The Bertz CT molecular complexity index is 668. The van der Waals surface area contributed by atoms with Gasteiger partial charge in [-0.25, -0.2) is 0 Å². The van der Waals surface area contributed by atoms with Crippen molar-refractivity contribution >= 4 is 17.5 Å². The SMILES string of the molecule is N#Cc1cnn(C(=O)CC(=O)c2ccccc2)c1N. The third-order valence-corrected chi connectivity index (χ3v) is 2.57. The van der Waals surface area contributed by atoms with Crippen molar-refractivity contribution in [3.63, 3.8) is 0 Å². The van der Waals surface area contributed by atoms with Crippen LogP contribution in [0, 0.1) is 11.3 Å². The Hall–Kier alpha value is -2.94. The van der Waals surface area contributed by atoms with Gasteiger partial charge in [-0.1, -0.05) is 30.3 Å². The summed E-state index contributed by atoms with van der Waals surface area (Å²) in [5.41, 5.74) is 6.13. The number of hydrogen-bond donors (Lipinski definition) is 1. The van der Waals surface area contributed by atoms with Gasteiger partial charge in [-0.05, 0) is 0 Å². The Balaban J connectivity index is 2.16. The van der Waals surface area contributed by atoms with Crippen molar-refractivity contribution in [1.82, 2.24) is 9.78 Å². The van der Waals surface area contributed by atoms with E-state index in [1.807, 2.05) is 6.07 Å². The topological polar surface area (TPSA) is 102 Å². The number of carbonyl (C=O) groups is 2. The Morgan fingerprint density at radius 1 is 1.32 bits per heavy atom.